The minimum absolute atomic E-state index is 0.0716. The molecule has 0 bridgehead atoms. The number of amides is 2. The van der Waals surface area contributed by atoms with E-state index in [0.717, 1.165) is 11.1 Å². The molecule has 10 heteroatoms. The molecule has 0 fully saturated rings. The van der Waals surface area contributed by atoms with E-state index in [1.165, 1.54) is 20.3 Å². The van der Waals surface area contributed by atoms with Crippen molar-refractivity contribution in [3.8, 4) is 17.2 Å². The lowest BCUT2D eigenvalue weighted by atomic mass is 10.2. The molecule has 0 aromatic heterocycles. The van der Waals surface area contributed by atoms with Crippen LogP contribution in [0.15, 0.2) is 42.5 Å². The predicted octanol–water partition coefficient (Wildman–Crippen LogP) is 2.78. The zero-order valence-electron chi connectivity index (χ0n) is 17.2. The molecule has 0 heterocycles. The Morgan fingerprint density at radius 2 is 1.81 bits per heavy atom. The van der Waals surface area contributed by atoms with Crippen LogP contribution in [0.5, 0.6) is 17.2 Å². The summed E-state index contributed by atoms with van der Waals surface area (Å²) in [4.78, 5) is 23.8. The molecule has 0 atom stereocenters. The zero-order chi connectivity index (χ0) is 22.8. The highest BCUT2D eigenvalue weighted by atomic mass is 35.5. The van der Waals surface area contributed by atoms with Crippen LogP contribution in [-0.4, -0.2) is 37.8 Å². The average Bonchev–Trinajstić information content (AvgIpc) is 2.76. The molecule has 0 aliphatic rings. The first-order chi connectivity index (χ1) is 14.8. The molecular weight excluding hydrogens is 442 g/mol. The summed E-state index contributed by atoms with van der Waals surface area (Å²) in [5, 5.41) is 2.95. The third kappa shape index (κ3) is 7.80. The molecule has 0 radical (unpaired) electrons. The van der Waals surface area contributed by atoms with E-state index in [9.17, 15) is 9.59 Å². The summed E-state index contributed by atoms with van der Waals surface area (Å²) >= 11 is 10.9. The Balaban J connectivity index is 1.76. The van der Waals surface area contributed by atoms with Gasteiger partial charge in [-0.15, -0.1) is 0 Å². The van der Waals surface area contributed by atoms with Crippen molar-refractivity contribution in [2.75, 3.05) is 20.8 Å². The van der Waals surface area contributed by atoms with Gasteiger partial charge in [0.25, 0.3) is 5.91 Å². The van der Waals surface area contributed by atoms with Crippen molar-refractivity contribution in [2.24, 2.45) is 0 Å². The number of benzene rings is 2. The summed E-state index contributed by atoms with van der Waals surface area (Å²) < 4.78 is 15.7. The topological polar surface area (TPSA) is 97.9 Å². The summed E-state index contributed by atoms with van der Waals surface area (Å²) in [5.41, 5.74) is 6.33. The Morgan fingerprint density at radius 1 is 1.06 bits per heavy atom. The summed E-state index contributed by atoms with van der Waals surface area (Å²) in [7, 11) is 3.07. The number of thiocarbonyl (C=S) groups is 1. The van der Waals surface area contributed by atoms with E-state index < -0.39 is 11.8 Å². The van der Waals surface area contributed by atoms with Gasteiger partial charge < -0.3 is 14.2 Å². The van der Waals surface area contributed by atoms with E-state index >= 15 is 0 Å². The molecule has 164 valence electrons. The van der Waals surface area contributed by atoms with Crippen LogP contribution in [0, 0.1) is 6.92 Å². The third-order valence-electron chi connectivity index (χ3n) is 3.89. The van der Waals surface area contributed by atoms with Crippen LogP contribution in [0.2, 0.25) is 5.02 Å². The second-order valence-electron chi connectivity index (χ2n) is 6.14. The maximum Gasteiger partial charge on any atom is 0.276 e. The van der Waals surface area contributed by atoms with Crippen LogP contribution < -0.4 is 30.4 Å². The Kier molecular flexibility index (Phi) is 9.11. The largest absolute Gasteiger partial charge is 0.493 e. The molecule has 2 amide bonds. The lowest BCUT2D eigenvalue weighted by Crippen LogP contribution is -2.49. The number of methoxy groups -OCH3 is 2. The first kappa shape index (κ1) is 24.0. The number of hydrogen-bond acceptors (Lipinski definition) is 6. The number of halogens is 1. The fourth-order valence-corrected chi connectivity index (χ4v) is 2.60. The maximum atomic E-state index is 12.0. The molecule has 0 saturated heterocycles. The lowest BCUT2D eigenvalue weighted by Gasteiger charge is -2.11. The number of hydrogen-bond donors (Lipinski definition) is 3. The monoisotopic (exact) mass is 463 g/mol. The zero-order valence-corrected chi connectivity index (χ0v) is 18.7. The van der Waals surface area contributed by atoms with E-state index in [2.05, 4.69) is 16.2 Å². The van der Waals surface area contributed by atoms with Gasteiger partial charge in [0, 0.05) is 11.1 Å². The van der Waals surface area contributed by atoms with Gasteiger partial charge in [0.1, 0.15) is 5.75 Å². The van der Waals surface area contributed by atoms with Gasteiger partial charge in [0.2, 0.25) is 5.91 Å². The molecule has 31 heavy (non-hydrogen) atoms. The molecule has 0 saturated carbocycles. The fourth-order valence-electron chi connectivity index (χ4n) is 2.33. The first-order valence-corrected chi connectivity index (χ1v) is 9.80. The maximum absolute atomic E-state index is 12.0. The highest BCUT2D eigenvalue weighted by molar-refractivity contribution is 7.80. The number of rotatable bonds is 7. The van der Waals surface area contributed by atoms with E-state index in [4.69, 9.17) is 38.0 Å². The summed E-state index contributed by atoms with van der Waals surface area (Å²) in [6, 6.07) is 10.3. The normalized spacial score (nSPS) is 10.3. The predicted molar refractivity (Wildman–Crippen MR) is 122 cm³/mol. The molecule has 2 aromatic carbocycles. The second-order valence-corrected chi connectivity index (χ2v) is 6.95. The molecule has 3 N–H and O–H groups in total. The van der Waals surface area contributed by atoms with Crippen molar-refractivity contribution < 1.29 is 23.8 Å². The fraction of sp³-hybridized carbons (Fsp3) is 0.190. The number of ether oxygens (including phenoxy) is 3. The Labute approximate surface area is 190 Å². The Morgan fingerprint density at radius 3 is 2.48 bits per heavy atom. The first-order valence-electron chi connectivity index (χ1n) is 9.01. The molecule has 2 rings (SSSR count). The number of hydrazine groups is 1. The third-order valence-corrected chi connectivity index (χ3v) is 4.51. The van der Waals surface area contributed by atoms with Crippen LogP contribution in [0.4, 0.5) is 0 Å². The van der Waals surface area contributed by atoms with Crippen LogP contribution in [-0.2, 0) is 9.59 Å². The van der Waals surface area contributed by atoms with E-state index in [1.807, 2.05) is 6.92 Å². The number of carbonyl (C=O) groups is 2. The molecule has 0 unspecified atom stereocenters. The molecule has 0 aliphatic carbocycles. The van der Waals surface area contributed by atoms with Crippen molar-refractivity contribution in [3.63, 3.8) is 0 Å². The van der Waals surface area contributed by atoms with Gasteiger partial charge in [-0.2, -0.15) is 0 Å². The quantitative estimate of drug-likeness (QED) is 0.330. The van der Waals surface area contributed by atoms with Crippen LogP contribution in [0.3, 0.4) is 0 Å². The minimum atomic E-state index is -0.481. The minimum Gasteiger partial charge on any atom is -0.493 e. The smallest absolute Gasteiger partial charge is 0.276 e. The van der Waals surface area contributed by atoms with Gasteiger partial charge >= 0.3 is 0 Å². The summed E-state index contributed by atoms with van der Waals surface area (Å²) in [6.45, 7) is 1.58. The highest BCUT2D eigenvalue weighted by Crippen LogP contribution is 2.27. The molecule has 0 spiro atoms. The highest BCUT2D eigenvalue weighted by Gasteiger charge is 2.07. The van der Waals surface area contributed by atoms with Crippen LogP contribution in [0.25, 0.3) is 6.08 Å². The van der Waals surface area contributed by atoms with Crippen molar-refractivity contribution in [2.45, 2.75) is 6.92 Å². The van der Waals surface area contributed by atoms with Crippen molar-refractivity contribution in [1.29, 1.82) is 0 Å². The van der Waals surface area contributed by atoms with E-state index in [0.29, 0.717) is 22.3 Å². The van der Waals surface area contributed by atoms with Gasteiger partial charge in [-0.3, -0.25) is 25.8 Å². The van der Waals surface area contributed by atoms with Gasteiger partial charge in [0.05, 0.1) is 14.2 Å². The van der Waals surface area contributed by atoms with Crippen LogP contribution >= 0.6 is 23.8 Å². The SMILES string of the molecule is COc1ccc(/C=C/C(=O)NC(=S)NNC(=O)COc2ccc(Cl)c(C)c2)cc1OC. The molecule has 0 aliphatic heterocycles. The van der Waals surface area contributed by atoms with E-state index in [1.54, 1.807) is 42.5 Å². The molecule has 8 nitrogen and oxygen atoms in total. The van der Waals surface area contributed by atoms with Gasteiger partial charge in [-0.05, 0) is 66.7 Å². The van der Waals surface area contributed by atoms with Crippen LogP contribution in [0.1, 0.15) is 11.1 Å². The van der Waals surface area contributed by atoms with Crippen molar-refractivity contribution >= 4 is 46.8 Å². The van der Waals surface area contributed by atoms with E-state index in [-0.39, 0.29) is 11.7 Å². The van der Waals surface area contributed by atoms with Crippen molar-refractivity contribution in [3.05, 3.63) is 58.6 Å². The lowest BCUT2D eigenvalue weighted by molar-refractivity contribution is -0.123. The second kappa shape index (κ2) is 11.8. The summed E-state index contributed by atoms with van der Waals surface area (Å²) in [5.74, 6) is 0.675. The van der Waals surface area contributed by atoms with Gasteiger partial charge in [-0.1, -0.05) is 17.7 Å². The number of carbonyl (C=O) groups excluding carboxylic acids is 2. The standard InChI is InChI=1S/C21H22ClN3O5S/c1-13-10-15(6-7-16(13)22)30-12-20(27)24-25-21(31)23-19(26)9-5-14-4-8-17(28-2)18(11-14)29-3/h4-11H,12H2,1-3H3,(H,24,27)(H2,23,25,26,31)/b9-5+. The average molecular weight is 464 g/mol. The molecular formula is C21H22ClN3O5S. The van der Waals surface area contributed by atoms with Gasteiger partial charge in [-0.25, -0.2) is 0 Å². The molecule has 2 aromatic rings. The number of nitrogens with one attached hydrogen (secondary N) is 3. The van der Waals surface area contributed by atoms with Gasteiger partial charge in [0.15, 0.2) is 23.2 Å². The number of aryl methyl sites for hydroxylation is 1. The van der Waals surface area contributed by atoms with Crippen molar-refractivity contribution in [1.82, 2.24) is 16.2 Å². The Bertz CT molecular complexity index is 997. The Hall–Kier alpha value is -3.30. The summed E-state index contributed by atoms with van der Waals surface area (Å²) in [6.07, 6.45) is 2.88.